The van der Waals surface area contributed by atoms with Crippen molar-refractivity contribution < 1.29 is 0 Å². The van der Waals surface area contributed by atoms with Crippen LogP contribution in [-0.2, 0) is 6.42 Å². The molecular formula is C12H16ClN3. The van der Waals surface area contributed by atoms with Gasteiger partial charge in [-0.05, 0) is 30.7 Å². The van der Waals surface area contributed by atoms with E-state index in [4.69, 9.17) is 0 Å². The van der Waals surface area contributed by atoms with Gasteiger partial charge in [-0.3, -0.25) is 14.7 Å². The van der Waals surface area contributed by atoms with Crippen molar-refractivity contribution in [2.75, 3.05) is 12.1 Å². The Kier molecular flexibility index (Phi) is 4.38. The Hall–Kier alpha value is -1.48. The van der Waals surface area contributed by atoms with Gasteiger partial charge in [-0.1, -0.05) is 6.92 Å². The smallest absolute Gasteiger partial charge is 0.0605 e. The number of hydrogen-bond acceptors (Lipinski definition) is 2. The van der Waals surface area contributed by atoms with Gasteiger partial charge in [0.2, 0.25) is 0 Å². The van der Waals surface area contributed by atoms with E-state index in [2.05, 4.69) is 47.0 Å². The van der Waals surface area contributed by atoms with Gasteiger partial charge in [0.05, 0.1) is 5.69 Å². The van der Waals surface area contributed by atoms with Crippen LogP contribution in [0.5, 0.6) is 0 Å². The number of halogens is 1. The van der Waals surface area contributed by atoms with E-state index in [1.807, 2.05) is 12.1 Å². The highest BCUT2D eigenvalue weighted by atomic mass is 35.5. The molecule has 16 heavy (non-hydrogen) atoms. The summed E-state index contributed by atoms with van der Waals surface area (Å²) in [5.41, 5.74) is 2.44. The number of nitrogens with zero attached hydrogens (tertiary/aromatic N) is 3. The highest BCUT2D eigenvalue weighted by Gasteiger charge is 2.04. The van der Waals surface area contributed by atoms with Crippen LogP contribution in [0.4, 0.5) is 5.69 Å². The van der Waals surface area contributed by atoms with Crippen LogP contribution in [0.2, 0.25) is 0 Å². The maximum absolute atomic E-state index is 4.02. The van der Waals surface area contributed by atoms with E-state index in [1.54, 1.807) is 12.4 Å². The summed E-state index contributed by atoms with van der Waals surface area (Å²) < 4.78 is 2.15. The molecule has 0 aliphatic heterocycles. The molecule has 0 fully saturated rings. The maximum atomic E-state index is 4.02. The van der Waals surface area contributed by atoms with Crippen molar-refractivity contribution in [3.8, 4) is 0 Å². The molecule has 0 amide bonds. The molecule has 4 heteroatoms. The number of hydrogen-bond donors (Lipinski definition) is 0. The van der Waals surface area contributed by atoms with Crippen molar-refractivity contribution >= 4 is 18.1 Å². The number of pyridine rings is 1. The average Bonchev–Trinajstić information content (AvgIpc) is 2.77. The van der Waals surface area contributed by atoms with Crippen LogP contribution in [0.1, 0.15) is 12.6 Å². The standard InChI is InChI=1S/C12H15N3.ClH/c1-3-11-5-4-10-15(11)14(2)12-6-8-13-9-7-12;/h4-10H,3H2,1-2H3;1H. The molecule has 2 heterocycles. The molecule has 3 nitrogen and oxygen atoms in total. The molecule has 0 saturated carbocycles. The van der Waals surface area contributed by atoms with Crippen molar-refractivity contribution in [2.24, 2.45) is 0 Å². The Bertz CT molecular complexity index is 425. The van der Waals surface area contributed by atoms with E-state index in [1.165, 1.54) is 5.69 Å². The van der Waals surface area contributed by atoms with E-state index < -0.39 is 0 Å². The number of aromatic nitrogens is 2. The molecule has 2 aromatic rings. The molecule has 0 unspecified atom stereocenters. The van der Waals surface area contributed by atoms with Crippen LogP contribution in [-0.4, -0.2) is 16.7 Å². The molecule has 2 aromatic heterocycles. The Morgan fingerprint density at radius 1 is 1.25 bits per heavy atom. The van der Waals surface area contributed by atoms with Crippen molar-refractivity contribution in [1.29, 1.82) is 0 Å². The monoisotopic (exact) mass is 237 g/mol. The Morgan fingerprint density at radius 2 is 1.94 bits per heavy atom. The van der Waals surface area contributed by atoms with Crippen LogP contribution >= 0.6 is 12.4 Å². The predicted octanol–water partition coefficient (Wildman–Crippen LogP) is 2.77. The van der Waals surface area contributed by atoms with E-state index in [0.29, 0.717) is 0 Å². The minimum atomic E-state index is 0. The summed E-state index contributed by atoms with van der Waals surface area (Å²) >= 11 is 0. The molecule has 0 spiro atoms. The molecule has 0 aliphatic rings. The average molecular weight is 238 g/mol. The molecule has 0 saturated heterocycles. The fourth-order valence-electron chi connectivity index (χ4n) is 1.66. The molecule has 0 aromatic carbocycles. The Labute approximate surface area is 102 Å². The lowest BCUT2D eigenvalue weighted by Gasteiger charge is -2.23. The summed E-state index contributed by atoms with van der Waals surface area (Å²) in [6, 6.07) is 8.20. The number of aryl methyl sites for hydroxylation is 1. The third kappa shape index (κ3) is 2.36. The van der Waals surface area contributed by atoms with Crippen molar-refractivity contribution in [2.45, 2.75) is 13.3 Å². The third-order valence-corrected chi connectivity index (χ3v) is 2.53. The largest absolute Gasteiger partial charge is 0.285 e. The lowest BCUT2D eigenvalue weighted by atomic mass is 10.3. The predicted molar refractivity (Wildman–Crippen MR) is 69.1 cm³/mol. The van der Waals surface area contributed by atoms with Crippen LogP contribution in [0, 0.1) is 0 Å². The van der Waals surface area contributed by atoms with Gasteiger partial charge in [-0.25, -0.2) is 0 Å². The summed E-state index contributed by atoms with van der Waals surface area (Å²) in [6.45, 7) is 2.16. The lowest BCUT2D eigenvalue weighted by Crippen LogP contribution is -2.25. The summed E-state index contributed by atoms with van der Waals surface area (Å²) in [5.74, 6) is 0. The Morgan fingerprint density at radius 3 is 2.56 bits per heavy atom. The van der Waals surface area contributed by atoms with Gasteiger partial charge in [0.15, 0.2) is 0 Å². The second-order valence-electron chi connectivity index (χ2n) is 3.43. The SMILES string of the molecule is CCc1cccn1N(C)c1ccncc1.Cl. The first-order chi connectivity index (χ1) is 7.33. The van der Waals surface area contributed by atoms with Crippen molar-refractivity contribution in [1.82, 2.24) is 9.66 Å². The van der Waals surface area contributed by atoms with Crippen LogP contribution in [0.15, 0.2) is 42.9 Å². The Balaban J connectivity index is 0.00000128. The summed E-state index contributed by atoms with van der Waals surface area (Å²) in [4.78, 5) is 4.02. The molecule has 0 bridgehead atoms. The first-order valence-corrected chi connectivity index (χ1v) is 5.13. The molecular weight excluding hydrogens is 222 g/mol. The number of rotatable bonds is 3. The van der Waals surface area contributed by atoms with Crippen molar-refractivity contribution in [3.05, 3.63) is 48.5 Å². The zero-order chi connectivity index (χ0) is 10.7. The van der Waals surface area contributed by atoms with Gasteiger partial charge in [-0.2, -0.15) is 0 Å². The van der Waals surface area contributed by atoms with E-state index >= 15 is 0 Å². The summed E-state index contributed by atoms with van der Waals surface area (Å²) in [7, 11) is 2.05. The molecule has 0 aliphatic carbocycles. The summed E-state index contributed by atoms with van der Waals surface area (Å²) in [5, 5.41) is 2.11. The molecule has 2 rings (SSSR count). The van der Waals surface area contributed by atoms with Gasteiger partial charge in [0, 0.05) is 31.3 Å². The van der Waals surface area contributed by atoms with Gasteiger partial charge < -0.3 is 0 Å². The van der Waals surface area contributed by atoms with Crippen molar-refractivity contribution in [3.63, 3.8) is 0 Å². The first kappa shape index (κ1) is 12.6. The second-order valence-corrected chi connectivity index (χ2v) is 3.43. The molecule has 0 N–H and O–H groups in total. The van der Waals surface area contributed by atoms with E-state index in [9.17, 15) is 0 Å². The minimum Gasteiger partial charge on any atom is -0.285 e. The van der Waals surface area contributed by atoms with Crippen LogP contribution in [0.25, 0.3) is 0 Å². The third-order valence-electron chi connectivity index (χ3n) is 2.53. The van der Waals surface area contributed by atoms with Gasteiger partial charge >= 0.3 is 0 Å². The van der Waals surface area contributed by atoms with E-state index in [0.717, 1.165) is 12.1 Å². The lowest BCUT2D eigenvalue weighted by molar-refractivity contribution is 0.731. The summed E-state index contributed by atoms with van der Waals surface area (Å²) in [6.07, 6.45) is 6.71. The quantitative estimate of drug-likeness (QED) is 0.819. The fourth-order valence-corrected chi connectivity index (χ4v) is 1.66. The topological polar surface area (TPSA) is 21.1 Å². The normalized spacial score (nSPS) is 9.62. The molecule has 86 valence electrons. The molecule has 0 radical (unpaired) electrons. The fraction of sp³-hybridized carbons (Fsp3) is 0.250. The molecule has 0 atom stereocenters. The zero-order valence-electron chi connectivity index (χ0n) is 9.50. The van der Waals surface area contributed by atoms with Gasteiger partial charge in [-0.15, -0.1) is 12.4 Å². The van der Waals surface area contributed by atoms with Crippen LogP contribution < -0.4 is 5.01 Å². The zero-order valence-corrected chi connectivity index (χ0v) is 10.3. The highest BCUT2D eigenvalue weighted by molar-refractivity contribution is 5.85. The first-order valence-electron chi connectivity index (χ1n) is 5.13. The van der Waals surface area contributed by atoms with E-state index in [-0.39, 0.29) is 12.4 Å². The number of anilines is 1. The highest BCUT2D eigenvalue weighted by Crippen LogP contribution is 2.14. The second kappa shape index (κ2) is 5.56. The van der Waals surface area contributed by atoms with Crippen LogP contribution in [0.3, 0.4) is 0 Å². The van der Waals surface area contributed by atoms with Gasteiger partial charge in [0.1, 0.15) is 0 Å². The van der Waals surface area contributed by atoms with Gasteiger partial charge in [0.25, 0.3) is 0 Å². The maximum Gasteiger partial charge on any atom is 0.0605 e. The minimum absolute atomic E-state index is 0.